The Bertz CT molecular complexity index is 278. The van der Waals surface area contributed by atoms with E-state index in [-0.39, 0.29) is 0 Å². The maximum absolute atomic E-state index is 4.36. The zero-order chi connectivity index (χ0) is 11.8. The van der Waals surface area contributed by atoms with E-state index in [1.165, 1.54) is 5.56 Å². The second-order valence-corrected chi connectivity index (χ2v) is 4.03. The SMILES string of the molecule is CCN(CC)CCNCc1ccc(C)cn1. The van der Waals surface area contributed by atoms with Crippen molar-refractivity contribution in [1.82, 2.24) is 15.2 Å². The second-order valence-electron chi connectivity index (χ2n) is 4.03. The lowest BCUT2D eigenvalue weighted by atomic mass is 10.3. The van der Waals surface area contributed by atoms with E-state index >= 15 is 0 Å². The van der Waals surface area contributed by atoms with E-state index in [9.17, 15) is 0 Å². The van der Waals surface area contributed by atoms with Crippen molar-refractivity contribution in [2.75, 3.05) is 26.2 Å². The van der Waals surface area contributed by atoms with Gasteiger partial charge in [0.25, 0.3) is 0 Å². The molecular weight excluding hydrogens is 198 g/mol. The topological polar surface area (TPSA) is 28.2 Å². The van der Waals surface area contributed by atoms with Crippen LogP contribution >= 0.6 is 0 Å². The number of aryl methyl sites for hydroxylation is 1. The molecule has 1 aromatic heterocycles. The monoisotopic (exact) mass is 221 g/mol. The van der Waals surface area contributed by atoms with Crippen LogP contribution in [0.3, 0.4) is 0 Å². The van der Waals surface area contributed by atoms with Crippen LogP contribution in [0.1, 0.15) is 25.1 Å². The molecular formula is C13H23N3. The van der Waals surface area contributed by atoms with E-state index in [0.717, 1.165) is 38.4 Å². The summed E-state index contributed by atoms with van der Waals surface area (Å²) in [5.41, 5.74) is 2.33. The Balaban J connectivity index is 2.18. The highest BCUT2D eigenvalue weighted by Crippen LogP contribution is 1.97. The molecule has 1 heterocycles. The summed E-state index contributed by atoms with van der Waals surface area (Å²) >= 11 is 0. The molecule has 0 saturated carbocycles. The Labute approximate surface area is 98.9 Å². The molecule has 1 aromatic rings. The van der Waals surface area contributed by atoms with E-state index in [1.807, 2.05) is 6.20 Å². The number of nitrogens with zero attached hydrogens (tertiary/aromatic N) is 2. The first-order valence-corrected chi connectivity index (χ1v) is 6.10. The lowest BCUT2D eigenvalue weighted by Crippen LogP contribution is -2.31. The highest BCUT2D eigenvalue weighted by molar-refractivity contribution is 5.11. The summed E-state index contributed by atoms with van der Waals surface area (Å²) in [4.78, 5) is 6.77. The van der Waals surface area contributed by atoms with Gasteiger partial charge in [0.1, 0.15) is 0 Å². The standard InChI is InChI=1S/C13H23N3/c1-4-16(5-2)9-8-14-11-13-7-6-12(3)10-15-13/h6-7,10,14H,4-5,8-9,11H2,1-3H3. The third kappa shape index (κ3) is 4.73. The van der Waals surface area contributed by atoms with Crippen molar-refractivity contribution in [2.24, 2.45) is 0 Å². The molecule has 0 unspecified atom stereocenters. The number of nitrogens with one attached hydrogen (secondary N) is 1. The van der Waals surface area contributed by atoms with Gasteiger partial charge in [0.15, 0.2) is 0 Å². The van der Waals surface area contributed by atoms with Crippen LogP contribution in [0.2, 0.25) is 0 Å². The fraction of sp³-hybridized carbons (Fsp3) is 0.615. The lowest BCUT2D eigenvalue weighted by Gasteiger charge is -2.17. The first-order chi connectivity index (χ1) is 7.76. The summed E-state index contributed by atoms with van der Waals surface area (Å²) < 4.78 is 0. The average molecular weight is 221 g/mol. The highest BCUT2D eigenvalue weighted by Gasteiger charge is 1.98. The molecule has 90 valence electrons. The molecule has 0 spiro atoms. The molecule has 3 nitrogen and oxygen atoms in total. The van der Waals surface area contributed by atoms with Gasteiger partial charge in [-0.2, -0.15) is 0 Å². The Hall–Kier alpha value is -0.930. The maximum atomic E-state index is 4.36. The highest BCUT2D eigenvalue weighted by atomic mass is 15.1. The van der Waals surface area contributed by atoms with Gasteiger partial charge in [-0.15, -0.1) is 0 Å². The molecule has 0 saturated heterocycles. The van der Waals surface area contributed by atoms with Gasteiger partial charge in [-0.25, -0.2) is 0 Å². The number of hydrogen-bond donors (Lipinski definition) is 1. The molecule has 16 heavy (non-hydrogen) atoms. The van der Waals surface area contributed by atoms with Crippen LogP contribution < -0.4 is 5.32 Å². The van der Waals surface area contributed by atoms with Gasteiger partial charge in [-0.1, -0.05) is 19.9 Å². The fourth-order valence-corrected chi connectivity index (χ4v) is 1.60. The minimum Gasteiger partial charge on any atom is -0.310 e. The molecule has 0 bridgehead atoms. The predicted octanol–water partition coefficient (Wildman–Crippen LogP) is 1.82. The van der Waals surface area contributed by atoms with Crippen molar-refractivity contribution in [1.29, 1.82) is 0 Å². The summed E-state index contributed by atoms with van der Waals surface area (Å²) in [6, 6.07) is 4.19. The minimum absolute atomic E-state index is 0.863. The van der Waals surface area contributed by atoms with E-state index in [1.54, 1.807) is 0 Å². The third-order valence-corrected chi connectivity index (χ3v) is 2.78. The van der Waals surface area contributed by atoms with Gasteiger partial charge >= 0.3 is 0 Å². The summed E-state index contributed by atoms with van der Waals surface area (Å²) in [7, 11) is 0. The van der Waals surface area contributed by atoms with Crippen LogP contribution in [0.25, 0.3) is 0 Å². The first kappa shape index (κ1) is 13.1. The molecule has 0 fully saturated rings. The molecule has 0 aliphatic rings. The van der Waals surface area contributed by atoms with Crippen molar-refractivity contribution in [3.8, 4) is 0 Å². The number of pyridine rings is 1. The number of rotatable bonds is 7. The zero-order valence-electron chi connectivity index (χ0n) is 10.7. The molecule has 1 N–H and O–H groups in total. The molecule has 0 radical (unpaired) electrons. The Kier molecular flexibility index (Phi) is 6.04. The summed E-state index contributed by atoms with van der Waals surface area (Å²) in [5, 5.41) is 3.42. The summed E-state index contributed by atoms with van der Waals surface area (Å²) in [6.45, 7) is 11.7. The molecule has 0 aliphatic carbocycles. The van der Waals surface area contributed by atoms with Crippen molar-refractivity contribution in [3.05, 3.63) is 29.6 Å². The molecule has 1 rings (SSSR count). The van der Waals surface area contributed by atoms with Gasteiger partial charge < -0.3 is 10.2 Å². The van der Waals surface area contributed by atoms with E-state index in [0.29, 0.717) is 0 Å². The molecule has 0 atom stereocenters. The Morgan fingerprint density at radius 1 is 1.25 bits per heavy atom. The quantitative estimate of drug-likeness (QED) is 0.712. The van der Waals surface area contributed by atoms with Crippen molar-refractivity contribution in [3.63, 3.8) is 0 Å². The van der Waals surface area contributed by atoms with Crippen LogP contribution in [0, 0.1) is 6.92 Å². The normalized spacial score (nSPS) is 11.0. The smallest absolute Gasteiger partial charge is 0.0541 e. The predicted molar refractivity (Wildman–Crippen MR) is 68.5 cm³/mol. The van der Waals surface area contributed by atoms with E-state index in [4.69, 9.17) is 0 Å². The van der Waals surface area contributed by atoms with Crippen LogP contribution in [-0.4, -0.2) is 36.1 Å². The first-order valence-electron chi connectivity index (χ1n) is 6.10. The molecule has 0 amide bonds. The summed E-state index contributed by atoms with van der Waals surface area (Å²) in [5.74, 6) is 0. The van der Waals surface area contributed by atoms with Crippen LogP contribution in [0.5, 0.6) is 0 Å². The van der Waals surface area contributed by atoms with Gasteiger partial charge in [0, 0.05) is 25.8 Å². The van der Waals surface area contributed by atoms with Crippen LogP contribution in [0.4, 0.5) is 0 Å². The third-order valence-electron chi connectivity index (χ3n) is 2.78. The van der Waals surface area contributed by atoms with Crippen LogP contribution in [0.15, 0.2) is 18.3 Å². The number of likely N-dealkylation sites (N-methyl/N-ethyl adjacent to an activating group) is 1. The number of hydrogen-bond acceptors (Lipinski definition) is 3. The Morgan fingerprint density at radius 2 is 2.00 bits per heavy atom. The fourth-order valence-electron chi connectivity index (χ4n) is 1.60. The van der Waals surface area contributed by atoms with Gasteiger partial charge in [0.05, 0.1) is 5.69 Å². The van der Waals surface area contributed by atoms with E-state index < -0.39 is 0 Å². The number of aromatic nitrogens is 1. The lowest BCUT2D eigenvalue weighted by molar-refractivity contribution is 0.302. The molecule has 0 aliphatic heterocycles. The average Bonchev–Trinajstić information content (AvgIpc) is 2.32. The van der Waals surface area contributed by atoms with Gasteiger partial charge in [-0.3, -0.25) is 4.98 Å². The Morgan fingerprint density at radius 3 is 2.56 bits per heavy atom. The summed E-state index contributed by atoms with van der Waals surface area (Å²) in [6.07, 6.45) is 1.92. The van der Waals surface area contributed by atoms with Gasteiger partial charge in [-0.05, 0) is 31.6 Å². The van der Waals surface area contributed by atoms with Crippen molar-refractivity contribution in [2.45, 2.75) is 27.3 Å². The van der Waals surface area contributed by atoms with E-state index in [2.05, 4.69) is 48.1 Å². The minimum atomic E-state index is 0.863. The molecule has 3 heteroatoms. The largest absolute Gasteiger partial charge is 0.310 e. The zero-order valence-corrected chi connectivity index (χ0v) is 10.7. The maximum Gasteiger partial charge on any atom is 0.0541 e. The second kappa shape index (κ2) is 7.36. The van der Waals surface area contributed by atoms with Crippen molar-refractivity contribution < 1.29 is 0 Å². The van der Waals surface area contributed by atoms with Gasteiger partial charge in [0.2, 0.25) is 0 Å². The van der Waals surface area contributed by atoms with Crippen LogP contribution in [-0.2, 0) is 6.54 Å². The molecule has 0 aromatic carbocycles. The van der Waals surface area contributed by atoms with Crippen molar-refractivity contribution >= 4 is 0 Å².